The van der Waals surface area contributed by atoms with Gasteiger partial charge in [0.2, 0.25) is 5.91 Å². The quantitative estimate of drug-likeness (QED) is 0.535. The monoisotopic (exact) mass is 247 g/mol. The predicted octanol–water partition coefficient (Wildman–Crippen LogP) is 2.06. The van der Waals surface area contributed by atoms with E-state index in [1.807, 2.05) is 0 Å². The molecular formula is C12H22ClNO2. The van der Waals surface area contributed by atoms with Crippen molar-refractivity contribution in [3.05, 3.63) is 0 Å². The van der Waals surface area contributed by atoms with Crippen LogP contribution in [0.4, 0.5) is 0 Å². The molecule has 1 aliphatic carbocycles. The molecule has 0 radical (unpaired) electrons. The van der Waals surface area contributed by atoms with Crippen LogP contribution in [-0.4, -0.2) is 30.0 Å². The van der Waals surface area contributed by atoms with Gasteiger partial charge >= 0.3 is 0 Å². The van der Waals surface area contributed by atoms with Gasteiger partial charge < -0.3 is 10.4 Å². The van der Waals surface area contributed by atoms with Crippen molar-refractivity contribution in [1.29, 1.82) is 0 Å². The Labute approximate surface area is 103 Å². The summed E-state index contributed by atoms with van der Waals surface area (Å²) in [6.07, 6.45) is 6.69. The SMILES string of the molecule is O=C(CCCCCl)NCC1(CO)CCCC1. The van der Waals surface area contributed by atoms with Crippen LogP contribution in [0.15, 0.2) is 0 Å². The van der Waals surface area contributed by atoms with Gasteiger partial charge in [-0.2, -0.15) is 0 Å². The Morgan fingerprint density at radius 1 is 1.31 bits per heavy atom. The number of halogens is 1. The topological polar surface area (TPSA) is 49.3 Å². The molecule has 0 aromatic carbocycles. The number of hydrogen-bond acceptors (Lipinski definition) is 2. The lowest BCUT2D eigenvalue weighted by molar-refractivity contribution is -0.121. The van der Waals surface area contributed by atoms with Gasteiger partial charge in [-0.25, -0.2) is 0 Å². The van der Waals surface area contributed by atoms with E-state index < -0.39 is 0 Å². The van der Waals surface area contributed by atoms with Crippen molar-refractivity contribution < 1.29 is 9.90 Å². The molecule has 0 spiro atoms. The van der Waals surface area contributed by atoms with Crippen molar-refractivity contribution in [3.8, 4) is 0 Å². The molecule has 1 aliphatic rings. The van der Waals surface area contributed by atoms with Gasteiger partial charge in [-0.05, 0) is 25.7 Å². The highest BCUT2D eigenvalue weighted by molar-refractivity contribution is 6.17. The molecule has 0 saturated heterocycles. The van der Waals surface area contributed by atoms with Crippen LogP contribution in [0.25, 0.3) is 0 Å². The Kier molecular flexibility index (Phi) is 6.14. The van der Waals surface area contributed by atoms with Crippen LogP contribution in [0.2, 0.25) is 0 Å². The number of rotatable bonds is 7. The number of alkyl halides is 1. The van der Waals surface area contributed by atoms with Crippen molar-refractivity contribution in [1.82, 2.24) is 5.32 Å². The van der Waals surface area contributed by atoms with Gasteiger partial charge in [0.1, 0.15) is 0 Å². The van der Waals surface area contributed by atoms with Gasteiger partial charge in [-0.15, -0.1) is 11.6 Å². The Morgan fingerprint density at radius 3 is 2.56 bits per heavy atom. The van der Waals surface area contributed by atoms with E-state index >= 15 is 0 Å². The summed E-state index contributed by atoms with van der Waals surface area (Å²) in [7, 11) is 0. The molecule has 0 unspecified atom stereocenters. The first-order chi connectivity index (χ1) is 7.72. The van der Waals surface area contributed by atoms with E-state index in [4.69, 9.17) is 11.6 Å². The summed E-state index contributed by atoms with van der Waals surface area (Å²) in [4.78, 5) is 11.5. The molecule has 1 fully saturated rings. The number of aliphatic hydroxyl groups is 1. The molecule has 16 heavy (non-hydrogen) atoms. The van der Waals surface area contributed by atoms with Gasteiger partial charge in [0.05, 0.1) is 6.61 Å². The number of carbonyl (C=O) groups excluding carboxylic acids is 1. The summed E-state index contributed by atoms with van der Waals surface area (Å²) in [5.74, 6) is 0.707. The maximum Gasteiger partial charge on any atom is 0.220 e. The third kappa shape index (κ3) is 4.30. The van der Waals surface area contributed by atoms with Crippen LogP contribution in [0.5, 0.6) is 0 Å². The molecule has 2 N–H and O–H groups in total. The molecule has 3 nitrogen and oxygen atoms in total. The van der Waals surface area contributed by atoms with E-state index in [1.54, 1.807) is 0 Å². The zero-order valence-electron chi connectivity index (χ0n) is 9.80. The lowest BCUT2D eigenvalue weighted by Gasteiger charge is -2.26. The minimum Gasteiger partial charge on any atom is -0.396 e. The number of aliphatic hydroxyl groups excluding tert-OH is 1. The second kappa shape index (κ2) is 7.13. The molecule has 1 amide bonds. The normalized spacial score (nSPS) is 18.6. The lowest BCUT2D eigenvalue weighted by atomic mass is 9.87. The predicted molar refractivity (Wildman–Crippen MR) is 65.6 cm³/mol. The molecule has 94 valence electrons. The molecule has 1 rings (SSSR count). The molecule has 0 aromatic heterocycles. The highest BCUT2D eigenvalue weighted by atomic mass is 35.5. The Bertz CT molecular complexity index is 215. The standard InChI is InChI=1S/C12H22ClNO2/c13-8-4-1-5-11(16)14-9-12(10-15)6-2-3-7-12/h15H,1-10H2,(H,14,16). The first-order valence-corrected chi connectivity index (χ1v) is 6.69. The van der Waals surface area contributed by atoms with Crippen molar-refractivity contribution in [3.63, 3.8) is 0 Å². The van der Waals surface area contributed by atoms with Crippen LogP contribution in [0.1, 0.15) is 44.9 Å². The molecule has 0 heterocycles. The third-order valence-electron chi connectivity index (χ3n) is 3.45. The number of hydrogen-bond donors (Lipinski definition) is 2. The second-order valence-corrected chi connectivity index (χ2v) is 5.17. The van der Waals surface area contributed by atoms with Crippen LogP contribution >= 0.6 is 11.6 Å². The van der Waals surface area contributed by atoms with E-state index in [0.29, 0.717) is 18.8 Å². The molecule has 0 aliphatic heterocycles. The van der Waals surface area contributed by atoms with Crippen LogP contribution in [-0.2, 0) is 4.79 Å². The summed E-state index contributed by atoms with van der Waals surface area (Å²) in [6.45, 7) is 0.818. The van der Waals surface area contributed by atoms with E-state index in [2.05, 4.69) is 5.32 Å². The first-order valence-electron chi connectivity index (χ1n) is 6.16. The summed E-state index contributed by atoms with van der Waals surface area (Å²) in [6, 6.07) is 0. The Balaban J connectivity index is 2.19. The van der Waals surface area contributed by atoms with Crippen LogP contribution in [0, 0.1) is 5.41 Å². The van der Waals surface area contributed by atoms with Gasteiger partial charge in [0.25, 0.3) is 0 Å². The van der Waals surface area contributed by atoms with E-state index in [1.165, 1.54) is 12.8 Å². The molecule has 1 saturated carbocycles. The largest absolute Gasteiger partial charge is 0.396 e. The van der Waals surface area contributed by atoms with E-state index in [9.17, 15) is 9.90 Å². The molecule has 0 atom stereocenters. The lowest BCUT2D eigenvalue weighted by Crippen LogP contribution is -2.38. The Hall–Kier alpha value is -0.280. The van der Waals surface area contributed by atoms with Gasteiger partial charge in [-0.1, -0.05) is 12.8 Å². The maximum absolute atomic E-state index is 11.5. The van der Waals surface area contributed by atoms with Crippen LogP contribution < -0.4 is 5.32 Å². The molecular weight excluding hydrogens is 226 g/mol. The molecule has 4 heteroatoms. The van der Waals surface area contributed by atoms with Gasteiger partial charge in [-0.3, -0.25) is 4.79 Å². The first kappa shape index (κ1) is 13.8. The average molecular weight is 248 g/mol. The number of unbranched alkanes of at least 4 members (excludes halogenated alkanes) is 1. The number of amides is 1. The third-order valence-corrected chi connectivity index (χ3v) is 3.71. The average Bonchev–Trinajstić information content (AvgIpc) is 2.76. The minimum atomic E-state index is -0.0395. The second-order valence-electron chi connectivity index (χ2n) is 4.79. The summed E-state index contributed by atoms with van der Waals surface area (Å²) in [5, 5.41) is 12.3. The highest BCUT2D eigenvalue weighted by Crippen LogP contribution is 2.36. The molecule has 0 aromatic rings. The minimum absolute atomic E-state index is 0.0395. The van der Waals surface area contributed by atoms with Gasteiger partial charge in [0.15, 0.2) is 0 Å². The summed E-state index contributed by atoms with van der Waals surface area (Å²) >= 11 is 5.55. The number of carbonyl (C=O) groups is 1. The fraction of sp³-hybridized carbons (Fsp3) is 0.917. The smallest absolute Gasteiger partial charge is 0.220 e. The highest BCUT2D eigenvalue weighted by Gasteiger charge is 2.33. The van der Waals surface area contributed by atoms with Crippen molar-refractivity contribution in [2.24, 2.45) is 5.41 Å². The zero-order valence-corrected chi connectivity index (χ0v) is 10.6. The van der Waals surface area contributed by atoms with E-state index in [0.717, 1.165) is 25.7 Å². The van der Waals surface area contributed by atoms with Gasteiger partial charge in [0, 0.05) is 24.3 Å². The summed E-state index contributed by atoms with van der Waals surface area (Å²) in [5.41, 5.74) is -0.0395. The van der Waals surface area contributed by atoms with Crippen molar-refractivity contribution in [2.75, 3.05) is 19.0 Å². The summed E-state index contributed by atoms with van der Waals surface area (Å²) < 4.78 is 0. The number of nitrogens with one attached hydrogen (secondary N) is 1. The van der Waals surface area contributed by atoms with Crippen molar-refractivity contribution >= 4 is 17.5 Å². The zero-order chi connectivity index (χ0) is 11.9. The van der Waals surface area contributed by atoms with Crippen molar-refractivity contribution in [2.45, 2.75) is 44.9 Å². The fourth-order valence-corrected chi connectivity index (χ4v) is 2.46. The fourth-order valence-electron chi connectivity index (χ4n) is 2.27. The van der Waals surface area contributed by atoms with Crippen LogP contribution in [0.3, 0.4) is 0 Å². The van der Waals surface area contributed by atoms with E-state index in [-0.39, 0.29) is 17.9 Å². The molecule has 0 bridgehead atoms. The Morgan fingerprint density at radius 2 is 2.00 bits per heavy atom. The maximum atomic E-state index is 11.5.